The lowest BCUT2D eigenvalue weighted by Gasteiger charge is -2.23. The van der Waals surface area contributed by atoms with Crippen LogP contribution in [0.2, 0.25) is 0 Å². The van der Waals surface area contributed by atoms with Crippen molar-refractivity contribution in [3.8, 4) is 0 Å². The first kappa shape index (κ1) is 11.7. The molecule has 0 spiro atoms. The summed E-state index contributed by atoms with van der Waals surface area (Å²) >= 11 is 3.38. The number of carbonyl (C=O) groups excluding carboxylic acids is 1. The summed E-state index contributed by atoms with van der Waals surface area (Å²) in [5.74, 6) is 0.791. The van der Waals surface area contributed by atoms with Crippen molar-refractivity contribution < 1.29 is 4.79 Å². The number of thioether (sulfide) groups is 1. The van der Waals surface area contributed by atoms with Crippen LogP contribution >= 0.6 is 23.1 Å². The average molecular weight is 276 g/mol. The van der Waals surface area contributed by atoms with E-state index in [1.165, 1.54) is 5.56 Å². The van der Waals surface area contributed by atoms with Crippen LogP contribution in [0.5, 0.6) is 0 Å². The van der Waals surface area contributed by atoms with Crippen molar-refractivity contribution in [3.63, 3.8) is 0 Å². The number of thiophene rings is 1. The molecule has 18 heavy (non-hydrogen) atoms. The van der Waals surface area contributed by atoms with E-state index in [1.807, 2.05) is 17.0 Å². The quantitative estimate of drug-likeness (QED) is 0.864. The highest BCUT2D eigenvalue weighted by Gasteiger charge is 2.32. The van der Waals surface area contributed by atoms with Crippen molar-refractivity contribution in [1.82, 2.24) is 9.88 Å². The number of pyridine rings is 1. The van der Waals surface area contributed by atoms with Gasteiger partial charge in [-0.2, -0.15) is 11.3 Å². The topological polar surface area (TPSA) is 33.2 Å². The fourth-order valence-corrected chi connectivity index (χ4v) is 3.94. The van der Waals surface area contributed by atoms with Crippen LogP contribution in [-0.4, -0.2) is 21.5 Å². The van der Waals surface area contributed by atoms with Crippen molar-refractivity contribution in [2.24, 2.45) is 0 Å². The Balaban J connectivity index is 1.82. The van der Waals surface area contributed by atoms with Crippen molar-refractivity contribution in [3.05, 3.63) is 52.5 Å². The molecular weight excluding hydrogens is 264 g/mol. The van der Waals surface area contributed by atoms with Gasteiger partial charge in [0.1, 0.15) is 5.37 Å². The van der Waals surface area contributed by atoms with Crippen LogP contribution in [0.1, 0.15) is 16.5 Å². The summed E-state index contributed by atoms with van der Waals surface area (Å²) in [6.07, 6.45) is 3.53. The average Bonchev–Trinajstić information content (AvgIpc) is 3.02. The Hall–Kier alpha value is -1.33. The third-order valence-electron chi connectivity index (χ3n) is 2.90. The van der Waals surface area contributed by atoms with E-state index in [-0.39, 0.29) is 11.3 Å². The van der Waals surface area contributed by atoms with Gasteiger partial charge < -0.3 is 4.90 Å². The van der Waals surface area contributed by atoms with Crippen molar-refractivity contribution in [1.29, 1.82) is 0 Å². The molecule has 0 aromatic carbocycles. The first-order valence-corrected chi connectivity index (χ1v) is 7.66. The summed E-state index contributed by atoms with van der Waals surface area (Å²) in [5.41, 5.74) is 2.35. The largest absolute Gasteiger partial charge is 0.321 e. The Morgan fingerprint density at radius 3 is 2.89 bits per heavy atom. The SMILES string of the molecule is O=C1CSC(c2ccsc2)N1Cc1ccncc1. The molecule has 0 bridgehead atoms. The Labute approximate surface area is 114 Å². The van der Waals surface area contributed by atoms with Crippen LogP contribution in [0.3, 0.4) is 0 Å². The van der Waals surface area contributed by atoms with E-state index in [0.717, 1.165) is 5.56 Å². The zero-order valence-electron chi connectivity index (χ0n) is 9.65. The van der Waals surface area contributed by atoms with Crippen molar-refractivity contribution >= 4 is 29.0 Å². The lowest BCUT2D eigenvalue weighted by atomic mass is 10.2. The fraction of sp³-hybridized carbons (Fsp3) is 0.231. The molecule has 3 nitrogen and oxygen atoms in total. The van der Waals surface area contributed by atoms with E-state index in [4.69, 9.17) is 0 Å². The Morgan fingerprint density at radius 2 is 2.17 bits per heavy atom. The van der Waals surface area contributed by atoms with Crippen LogP contribution < -0.4 is 0 Å². The number of carbonyl (C=O) groups is 1. The predicted octanol–water partition coefficient (Wildman–Crippen LogP) is 2.92. The van der Waals surface area contributed by atoms with Crippen molar-refractivity contribution in [2.45, 2.75) is 11.9 Å². The molecule has 5 heteroatoms. The first-order valence-electron chi connectivity index (χ1n) is 5.66. The normalized spacial score (nSPS) is 19.4. The zero-order valence-corrected chi connectivity index (χ0v) is 11.3. The molecule has 1 amide bonds. The second kappa shape index (κ2) is 5.12. The number of hydrogen-bond acceptors (Lipinski definition) is 4. The highest BCUT2D eigenvalue weighted by molar-refractivity contribution is 8.00. The zero-order chi connectivity index (χ0) is 12.4. The Bertz CT molecular complexity index is 527. The van der Waals surface area contributed by atoms with Gasteiger partial charge in [0, 0.05) is 18.9 Å². The number of hydrogen-bond donors (Lipinski definition) is 0. The molecule has 2 aromatic heterocycles. The van der Waals surface area contributed by atoms with Crippen LogP contribution in [-0.2, 0) is 11.3 Å². The molecule has 3 heterocycles. The third kappa shape index (κ3) is 2.28. The minimum absolute atomic E-state index is 0.164. The van der Waals surface area contributed by atoms with E-state index in [2.05, 4.69) is 21.8 Å². The molecule has 1 fully saturated rings. The first-order chi connectivity index (χ1) is 8.84. The van der Waals surface area contributed by atoms with E-state index in [9.17, 15) is 4.79 Å². The molecule has 0 aliphatic carbocycles. The third-order valence-corrected chi connectivity index (χ3v) is 4.86. The predicted molar refractivity (Wildman–Crippen MR) is 74.3 cm³/mol. The lowest BCUT2D eigenvalue weighted by molar-refractivity contribution is -0.128. The van der Waals surface area contributed by atoms with Crippen LogP contribution in [0.25, 0.3) is 0 Å². The monoisotopic (exact) mass is 276 g/mol. The summed E-state index contributed by atoms with van der Waals surface area (Å²) in [4.78, 5) is 17.9. The number of nitrogens with zero attached hydrogens (tertiary/aromatic N) is 2. The van der Waals surface area contributed by atoms with Gasteiger partial charge in [-0.25, -0.2) is 0 Å². The summed E-state index contributed by atoms with van der Waals surface area (Å²) < 4.78 is 0. The van der Waals surface area contributed by atoms with Gasteiger partial charge >= 0.3 is 0 Å². The van der Waals surface area contributed by atoms with Gasteiger partial charge in [0.2, 0.25) is 5.91 Å². The van der Waals surface area contributed by atoms with E-state index < -0.39 is 0 Å². The van der Waals surface area contributed by atoms with Gasteiger partial charge in [-0.15, -0.1) is 11.8 Å². The maximum atomic E-state index is 12.0. The van der Waals surface area contributed by atoms with Gasteiger partial charge in [0.15, 0.2) is 0 Å². The van der Waals surface area contributed by atoms with Crippen molar-refractivity contribution in [2.75, 3.05) is 5.75 Å². The standard InChI is InChI=1S/C13H12N2OS2/c16-12-9-18-13(11-3-6-17-8-11)15(12)7-10-1-4-14-5-2-10/h1-6,8,13H,7,9H2. The maximum absolute atomic E-state index is 12.0. The number of amides is 1. The lowest BCUT2D eigenvalue weighted by Crippen LogP contribution is -2.27. The summed E-state index contributed by atoms with van der Waals surface area (Å²) in [6, 6.07) is 6.02. The molecule has 2 aromatic rings. The minimum Gasteiger partial charge on any atom is -0.321 e. The van der Waals surface area contributed by atoms with Crippen LogP contribution in [0, 0.1) is 0 Å². The summed E-state index contributed by atoms with van der Waals surface area (Å²) in [7, 11) is 0. The summed E-state index contributed by atoms with van der Waals surface area (Å²) in [5, 5.41) is 4.34. The van der Waals surface area contributed by atoms with Gasteiger partial charge in [-0.1, -0.05) is 0 Å². The van der Waals surface area contributed by atoms with Gasteiger partial charge in [-0.05, 0) is 40.1 Å². The van der Waals surface area contributed by atoms with Crippen LogP contribution in [0.15, 0.2) is 41.4 Å². The molecular formula is C13H12N2OS2. The van der Waals surface area contributed by atoms with Gasteiger partial charge in [0.25, 0.3) is 0 Å². The molecule has 1 atom stereocenters. The highest BCUT2D eigenvalue weighted by atomic mass is 32.2. The Morgan fingerprint density at radius 1 is 1.33 bits per heavy atom. The number of rotatable bonds is 3. The minimum atomic E-state index is 0.164. The second-order valence-corrected chi connectivity index (χ2v) is 5.95. The highest BCUT2D eigenvalue weighted by Crippen LogP contribution is 2.40. The molecule has 0 saturated carbocycles. The summed E-state index contributed by atoms with van der Waals surface area (Å²) in [6.45, 7) is 0.662. The Kier molecular flexibility index (Phi) is 3.34. The molecule has 1 saturated heterocycles. The van der Waals surface area contributed by atoms with E-state index in [0.29, 0.717) is 12.3 Å². The molecule has 1 aliphatic rings. The molecule has 1 aliphatic heterocycles. The molecule has 0 N–H and O–H groups in total. The van der Waals surface area contributed by atoms with Gasteiger partial charge in [-0.3, -0.25) is 9.78 Å². The van der Waals surface area contributed by atoms with E-state index >= 15 is 0 Å². The second-order valence-electron chi connectivity index (χ2n) is 4.10. The maximum Gasteiger partial charge on any atom is 0.234 e. The van der Waals surface area contributed by atoms with Crippen LogP contribution in [0.4, 0.5) is 0 Å². The van der Waals surface area contributed by atoms with E-state index in [1.54, 1.807) is 35.5 Å². The van der Waals surface area contributed by atoms with Gasteiger partial charge in [0.05, 0.1) is 5.75 Å². The smallest absolute Gasteiger partial charge is 0.234 e. The molecule has 0 radical (unpaired) electrons. The molecule has 3 rings (SSSR count). The molecule has 1 unspecified atom stereocenters. The molecule has 92 valence electrons. The fourth-order valence-electron chi connectivity index (χ4n) is 2.00. The number of aromatic nitrogens is 1.